The van der Waals surface area contributed by atoms with Crippen LogP contribution in [-0.2, 0) is 6.42 Å². The number of benzene rings is 1. The molecular weight excluding hydrogens is 198 g/mol. The Balaban J connectivity index is 2.28. The zero-order chi connectivity index (χ0) is 11.5. The van der Waals surface area contributed by atoms with Gasteiger partial charge in [-0.3, -0.25) is 0 Å². The van der Waals surface area contributed by atoms with Crippen molar-refractivity contribution in [2.45, 2.75) is 25.0 Å². The molecule has 2 unspecified atom stereocenters. The lowest BCUT2D eigenvalue weighted by Gasteiger charge is -2.09. The van der Waals surface area contributed by atoms with E-state index in [2.05, 4.69) is 30.6 Å². The van der Waals surface area contributed by atoms with Crippen molar-refractivity contribution in [3.8, 4) is 0 Å². The highest BCUT2D eigenvalue weighted by atomic mass is 16.3. The largest absolute Gasteiger partial charge is 0.373 e. The molecule has 16 heavy (non-hydrogen) atoms. The first-order valence-corrected chi connectivity index (χ1v) is 5.57. The molecule has 0 aliphatic carbocycles. The molecule has 84 valence electrons. The standard InChI is InChI=1S/C14H17NO/c1-3-5-6-10-7-8-13-12(9-10)11(4-2)14(16)15-13/h3-4,7-9,11,14-16H,1-2,5-6H2. The van der Waals surface area contributed by atoms with Gasteiger partial charge < -0.3 is 10.4 Å². The highest BCUT2D eigenvalue weighted by Crippen LogP contribution is 2.36. The van der Waals surface area contributed by atoms with Gasteiger partial charge in [0.05, 0.1) is 0 Å². The summed E-state index contributed by atoms with van der Waals surface area (Å²) in [6.45, 7) is 7.49. The van der Waals surface area contributed by atoms with Crippen molar-refractivity contribution >= 4 is 5.69 Å². The highest BCUT2D eigenvalue weighted by Gasteiger charge is 2.27. The summed E-state index contributed by atoms with van der Waals surface area (Å²) in [6, 6.07) is 6.27. The number of anilines is 1. The van der Waals surface area contributed by atoms with Crippen molar-refractivity contribution < 1.29 is 5.11 Å². The van der Waals surface area contributed by atoms with E-state index >= 15 is 0 Å². The van der Waals surface area contributed by atoms with Gasteiger partial charge in [0.15, 0.2) is 0 Å². The molecule has 1 aliphatic heterocycles. The molecule has 2 heteroatoms. The Hall–Kier alpha value is -1.54. The zero-order valence-corrected chi connectivity index (χ0v) is 9.32. The lowest BCUT2D eigenvalue weighted by atomic mass is 9.97. The molecule has 1 heterocycles. The number of aliphatic hydroxyl groups excluding tert-OH is 1. The topological polar surface area (TPSA) is 32.3 Å². The van der Waals surface area contributed by atoms with E-state index in [-0.39, 0.29) is 5.92 Å². The molecule has 0 fully saturated rings. The van der Waals surface area contributed by atoms with E-state index in [0.717, 1.165) is 24.1 Å². The van der Waals surface area contributed by atoms with Gasteiger partial charge in [0.1, 0.15) is 6.23 Å². The highest BCUT2D eigenvalue weighted by molar-refractivity contribution is 5.61. The maximum atomic E-state index is 9.78. The van der Waals surface area contributed by atoms with Crippen LogP contribution in [0.3, 0.4) is 0 Å². The van der Waals surface area contributed by atoms with Crippen LogP contribution in [0.2, 0.25) is 0 Å². The number of nitrogens with one attached hydrogen (secondary N) is 1. The van der Waals surface area contributed by atoms with Crippen LogP contribution in [0, 0.1) is 0 Å². The Labute approximate surface area is 96.3 Å². The van der Waals surface area contributed by atoms with Crippen LogP contribution in [0.1, 0.15) is 23.5 Å². The monoisotopic (exact) mass is 215 g/mol. The van der Waals surface area contributed by atoms with E-state index in [1.807, 2.05) is 12.1 Å². The molecule has 0 saturated carbocycles. The third kappa shape index (κ3) is 1.89. The smallest absolute Gasteiger partial charge is 0.134 e. The quantitative estimate of drug-likeness (QED) is 0.757. The average molecular weight is 215 g/mol. The van der Waals surface area contributed by atoms with Crippen LogP contribution in [0.4, 0.5) is 5.69 Å². The second-order valence-electron chi connectivity index (χ2n) is 4.10. The van der Waals surface area contributed by atoms with E-state index in [4.69, 9.17) is 0 Å². The van der Waals surface area contributed by atoms with Gasteiger partial charge in [0.2, 0.25) is 0 Å². The number of hydrogen-bond acceptors (Lipinski definition) is 2. The van der Waals surface area contributed by atoms with Crippen LogP contribution >= 0.6 is 0 Å². The second-order valence-corrected chi connectivity index (χ2v) is 4.10. The molecule has 0 amide bonds. The number of aliphatic hydroxyl groups is 1. The maximum absolute atomic E-state index is 9.78. The number of aryl methyl sites for hydroxylation is 1. The van der Waals surface area contributed by atoms with E-state index < -0.39 is 6.23 Å². The van der Waals surface area contributed by atoms with Gasteiger partial charge in [-0.15, -0.1) is 13.2 Å². The van der Waals surface area contributed by atoms with E-state index in [0.29, 0.717) is 0 Å². The molecule has 0 bridgehead atoms. The first-order chi connectivity index (χ1) is 7.76. The molecule has 1 aromatic carbocycles. The summed E-state index contributed by atoms with van der Waals surface area (Å²) in [5.74, 6) is -0.00122. The average Bonchev–Trinajstić information content (AvgIpc) is 2.61. The summed E-state index contributed by atoms with van der Waals surface area (Å²) in [7, 11) is 0. The third-order valence-electron chi connectivity index (χ3n) is 3.01. The summed E-state index contributed by atoms with van der Waals surface area (Å²) < 4.78 is 0. The van der Waals surface area contributed by atoms with Crippen LogP contribution in [0.25, 0.3) is 0 Å². The lowest BCUT2D eigenvalue weighted by Crippen LogP contribution is -2.17. The first-order valence-electron chi connectivity index (χ1n) is 5.57. The number of rotatable bonds is 4. The zero-order valence-electron chi connectivity index (χ0n) is 9.32. The first kappa shape index (κ1) is 11.0. The van der Waals surface area contributed by atoms with Crippen LogP contribution < -0.4 is 5.32 Å². The van der Waals surface area contributed by atoms with Crippen molar-refractivity contribution in [3.63, 3.8) is 0 Å². The van der Waals surface area contributed by atoms with Crippen LogP contribution in [0.15, 0.2) is 43.5 Å². The van der Waals surface area contributed by atoms with E-state index in [1.54, 1.807) is 6.08 Å². The van der Waals surface area contributed by atoms with Crippen molar-refractivity contribution in [1.29, 1.82) is 0 Å². The predicted molar refractivity (Wildman–Crippen MR) is 67.5 cm³/mol. The van der Waals surface area contributed by atoms with Crippen molar-refractivity contribution in [2.75, 3.05) is 5.32 Å². The molecule has 0 saturated heterocycles. The molecule has 0 radical (unpaired) electrons. The molecule has 1 aromatic rings. The summed E-state index contributed by atoms with van der Waals surface area (Å²) in [6.07, 6.45) is 5.15. The SMILES string of the molecule is C=CCCc1ccc2c(c1)C(C=C)C(O)N2. The fourth-order valence-electron chi connectivity index (χ4n) is 2.12. The fraction of sp³-hybridized carbons (Fsp3) is 0.286. The Morgan fingerprint density at radius 1 is 1.38 bits per heavy atom. The summed E-state index contributed by atoms with van der Waals surface area (Å²) in [5, 5.41) is 12.8. The van der Waals surface area contributed by atoms with E-state index in [1.165, 1.54) is 5.56 Å². The maximum Gasteiger partial charge on any atom is 0.134 e. The lowest BCUT2D eigenvalue weighted by molar-refractivity contribution is 0.196. The van der Waals surface area contributed by atoms with E-state index in [9.17, 15) is 5.11 Å². The van der Waals surface area contributed by atoms with Crippen LogP contribution in [0.5, 0.6) is 0 Å². The Kier molecular flexibility index (Phi) is 3.11. The molecule has 2 atom stereocenters. The molecule has 0 aromatic heterocycles. The van der Waals surface area contributed by atoms with Gasteiger partial charge in [0, 0.05) is 11.6 Å². The van der Waals surface area contributed by atoms with Crippen molar-refractivity contribution in [3.05, 3.63) is 54.6 Å². The minimum Gasteiger partial charge on any atom is -0.373 e. The normalized spacial score (nSPS) is 22.3. The summed E-state index contributed by atoms with van der Waals surface area (Å²) >= 11 is 0. The minimum atomic E-state index is -0.540. The number of fused-ring (bicyclic) bond motifs is 1. The number of hydrogen-bond donors (Lipinski definition) is 2. The summed E-state index contributed by atoms with van der Waals surface area (Å²) in [4.78, 5) is 0. The third-order valence-corrected chi connectivity index (χ3v) is 3.01. The fourth-order valence-corrected chi connectivity index (χ4v) is 2.12. The minimum absolute atomic E-state index is 0.00122. The predicted octanol–water partition coefficient (Wildman–Crippen LogP) is 2.82. The van der Waals surface area contributed by atoms with Crippen LogP contribution in [-0.4, -0.2) is 11.3 Å². The molecule has 0 spiro atoms. The summed E-state index contributed by atoms with van der Waals surface area (Å²) in [5.41, 5.74) is 3.44. The number of allylic oxidation sites excluding steroid dienone is 1. The Morgan fingerprint density at radius 2 is 2.19 bits per heavy atom. The van der Waals surface area contributed by atoms with Gasteiger partial charge in [0.25, 0.3) is 0 Å². The molecular formula is C14H17NO. The molecule has 1 aliphatic rings. The van der Waals surface area contributed by atoms with Crippen molar-refractivity contribution in [1.82, 2.24) is 0 Å². The Morgan fingerprint density at radius 3 is 2.88 bits per heavy atom. The molecule has 2 rings (SSSR count). The second kappa shape index (κ2) is 4.54. The Bertz CT molecular complexity index is 411. The van der Waals surface area contributed by atoms with Gasteiger partial charge >= 0.3 is 0 Å². The van der Waals surface area contributed by atoms with Gasteiger partial charge in [-0.2, -0.15) is 0 Å². The van der Waals surface area contributed by atoms with Gasteiger partial charge in [-0.05, 0) is 30.0 Å². The van der Waals surface area contributed by atoms with Crippen molar-refractivity contribution in [2.24, 2.45) is 0 Å². The molecule has 2 nitrogen and oxygen atoms in total. The molecule has 2 N–H and O–H groups in total. The van der Waals surface area contributed by atoms with Gasteiger partial charge in [-0.25, -0.2) is 0 Å². The van der Waals surface area contributed by atoms with Gasteiger partial charge in [-0.1, -0.05) is 24.3 Å².